The van der Waals surface area contributed by atoms with E-state index in [-0.39, 0.29) is 22.8 Å². The molecule has 0 saturated carbocycles. The number of benzene rings is 2. The Bertz CT molecular complexity index is 623. The molecule has 1 nitrogen and oxygen atoms in total. The minimum atomic E-state index is -0.478. The predicted octanol–water partition coefficient (Wildman–Crippen LogP) is 5.32. The maximum Gasteiger partial charge on any atom is 0.167 e. The van der Waals surface area contributed by atoms with Gasteiger partial charge in [0.1, 0.15) is 5.82 Å². The van der Waals surface area contributed by atoms with Crippen molar-refractivity contribution in [3.05, 3.63) is 67.9 Å². The van der Waals surface area contributed by atoms with E-state index in [0.29, 0.717) is 15.1 Å². The summed E-state index contributed by atoms with van der Waals surface area (Å²) < 4.78 is 14.2. The minimum absolute atomic E-state index is 0.0838. The summed E-state index contributed by atoms with van der Waals surface area (Å²) in [5, 5.41) is 0.766. The highest BCUT2D eigenvalue weighted by Gasteiger charge is 2.14. The van der Waals surface area contributed by atoms with Gasteiger partial charge in [0.05, 0.1) is 5.02 Å². The van der Waals surface area contributed by atoms with Crippen LogP contribution in [0.15, 0.2) is 40.9 Å². The minimum Gasteiger partial charge on any atom is -0.294 e. The van der Waals surface area contributed by atoms with E-state index in [4.69, 9.17) is 23.2 Å². The van der Waals surface area contributed by atoms with Crippen molar-refractivity contribution in [2.24, 2.45) is 0 Å². The molecular weight excluding hydrogens is 354 g/mol. The maximum absolute atomic E-state index is 13.6. The lowest BCUT2D eigenvalue weighted by Gasteiger charge is -2.06. The molecule has 0 unspecified atom stereocenters. The van der Waals surface area contributed by atoms with E-state index in [2.05, 4.69) is 15.9 Å². The first kappa shape index (κ1) is 14.5. The Balaban J connectivity index is 2.28. The van der Waals surface area contributed by atoms with Crippen LogP contribution in [0.4, 0.5) is 4.39 Å². The molecule has 0 saturated heterocycles. The molecule has 2 aromatic carbocycles. The van der Waals surface area contributed by atoms with E-state index in [9.17, 15) is 9.18 Å². The molecule has 0 aromatic heterocycles. The van der Waals surface area contributed by atoms with Gasteiger partial charge in [-0.3, -0.25) is 4.79 Å². The van der Waals surface area contributed by atoms with E-state index in [1.807, 2.05) is 0 Å². The molecule has 2 rings (SSSR count). The second-order valence-corrected chi connectivity index (χ2v) is 5.60. The number of carbonyl (C=O) groups excluding carboxylic acids is 1. The first-order valence-electron chi connectivity index (χ1n) is 5.40. The fourth-order valence-corrected chi connectivity index (χ4v) is 2.36. The number of hydrogen-bond donors (Lipinski definition) is 0. The summed E-state index contributed by atoms with van der Waals surface area (Å²) in [6.45, 7) is 0. The number of carbonyl (C=O) groups is 1. The Morgan fingerprint density at radius 2 is 1.89 bits per heavy atom. The summed E-state index contributed by atoms with van der Waals surface area (Å²) >= 11 is 15.0. The van der Waals surface area contributed by atoms with Gasteiger partial charge in [-0.1, -0.05) is 29.3 Å². The van der Waals surface area contributed by atoms with Gasteiger partial charge in [0, 0.05) is 27.0 Å². The van der Waals surface area contributed by atoms with Crippen molar-refractivity contribution in [1.82, 2.24) is 0 Å². The molecular formula is C14H8BrCl2FO. The molecule has 2 aromatic rings. The zero-order valence-corrected chi connectivity index (χ0v) is 12.7. The summed E-state index contributed by atoms with van der Waals surface area (Å²) in [5.74, 6) is -0.696. The highest BCUT2D eigenvalue weighted by atomic mass is 79.9. The molecule has 19 heavy (non-hydrogen) atoms. The number of Topliss-reactive ketones (excluding diaryl/α,β-unsaturated/α-hetero) is 1. The van der Waals surface area contributed by atoms with Gasteiger partial charge in [0.15, 0.2) is 5.78 Å². The second kappa shape index (κ2) is 6.04. The molecule has 0 bridgehead atoms. The van der Waals surface area contributed by atoms with Gasteiger partial charge >= 0.3 is 0 Å². The summed E-state index contributed by atoms with van der Waals surface area (Å²) in [4.78, 5) is 12.1. The Morgan fingerprint density at radius 1 is 1.16 bits per heavy atom. The zero-order chi connectivity index (χ0) is 14.0. The lowest BCUT2D eigenvalue weighted by atomic mass is 10.0. The summed E-state index contributed by atoms with van der Waals surface area (Å²) in [5.41, 5.74) is 0.663. The number of halogens is 4. The Labute approximate surface area is 128 Å². The molecule has 0 radical (unpaired) electrons. The zero-order valence-electron chi connectivity index (χ0n) is 9.59. The van der Waals surface area contributed by atoms with Gasteiger partial charge < -0.3 is 0 Å². The van der Waals surface area contributed by atoms with Crippen LogP contribution < -0.4 is 0 Å². The topological polar surface area (TPSA) is 17.1 Å². The highest BCUT2D eigenvalue weighted by molar-refractivity contribution is 9.10. The average molecular weight is 362 g/mol. The SMILES string of the molecule is O=C(Cc1c(F)cccc1Cl)c1ccc(Cl)c(Br)c1. The van der Waals surface area contributed by atoms with Crippen molar-refractivity contribution in [3.8, 4) is 0 Å². The van der Waals surface area contributed by atoms with Gasteiger partial charge in [-0.2, -0.15) is 0 Å². The van der Waals surface area contributed by atoms with Crippen LogP contribution in [0.3, 0.4) is 0 Å². The third kappa shape index (κ3) is 3.35. The summed E-state index contributed by atoms with van der Waals surface area (Å²) in [7, 11) is 0. The largest absolute Gasteiger partial charge is 0.294 e. The van der Waals surface area contributed by atoms with Crippen molar-refractivity contribution in [2.75, 3.05) is 0 Å². The van der Waals surface area contributed by atoms with E-state index in [0.717, 1.165) is 0 Å². The van der Waals surface area contributed by atoms with Crippen LogP contribution >= 0.6 is 39.1 Å². The van der Waals surface area contributed by atoms with Crippen LogP contribution in [-0.4, -0.2) is 5.78 Å². The molecule has 0 aliphatic rings. The average Bonchev–Trinajstić information content (AvgIpc) is 2.37. The third-order valence-electron chi connectivity index (χ3n) is 2.64. The van der Waals surface area contributed by atoms with Crippen LogP contribution in [0.2, 0.25) is 10.0 Å². The molecule has 0 aliphatic carbocycles. The van der Waals surface area contributed by atoms with Gasteiger partial charge in [-0.25, -0.2) is 4.39 Å². The van der Waals surface area contributed by atoms with Crippen LogP contribution in [0.25, 0.3) is 0 Å². The van der Waals surface area contributed by atoms with Crippen molar-refractivity contribution >= 4 is 44.9 Å². The lowest BCUT2D eigenvalue weighted by molar-refractivity contribution is 0.0992. The molecule has 0 fully saturated rings. The second-order valence-electron chi connectivity index (χ2n) is 3.93. The maximum atomic E-state index is 13.6. The van der Waals surface area contributed by atoms with Crippen molar-refractivity contribution in [3.63, 3.8) is 0 Å². The van der Waals surface area contributed by atoms with Crippen LogP contribution in [0.5, 0.6) is 0 Å². The van der Waals surface area contributed by atoms with Crippen LogP contribution in [0.1, 0.15) is 15.9 Å². The summed E-state index contributed by atoms with van der Waals surface area (Å²) in [6, 6.07) is 9.17. The molecule has 0 spiro atoms. The Kier molecular flexibility index (Phi) is 4.61. The molecule has 0 atom stereocenters. The van der Waals surface area contributed by atoms with Gasteiger partial charge in [-0.05, 0) is 46.3 Å². The summed E-state index contributed by atoms with van der Waals surface area (Å²) in [6.07, 6.45) is -0.0838. The first-order valence-corrected chi connectivity index (χ1v) is 6.95. The number of ketones is 1. The fourth-order valence-electron chi connectivity index (χ4n) is 1.63. The van der Waals surface area contributed by atoms with Crippen LogP contribution in [0, 0.1) is 5.82 Å². The molecule has 0 aliphatic heterocycles. The quantitative estimate of drug-likeness (QED) is 0.676. The van der Waals surface area contributed by atoms with E-state index in [1.54, 1.807) is 24.3 Å². The highest BCUT2D eigenvalue weighted by Crippen LogP contribution is 2.25. The van der Waals surface area contributed by atoms with Gasteiger partial charge in [-0.15, -0.1) is 0 Å². The van der Waals surface area contributed by atoms with E-state index >= 15 is 0 Å². The molecule has 0 N–H and O–H groups in total. The van der Waals surface area contributed by atoms with Gasteiger partial charge in [0.2, 0.25) is 0 Å². The third-order valence-corrected chi connectivity index (χ3v) is 4.21. The molecule has 98 valence electrons. The molecule has 0 amide bonds. The normalized spacial score (nSPS) is 10.5. The van der Waals surface area contributed by atoms with Gasteiger partial charge in [0.25, 0.3) is 0 Å². The number of hydrogen-bond acceptors (Lipinski definition) is 1. The fraction of sp³-hybridized carbons (Fsp3) is 0.0714. The van der Waals surface area contributed by atoms with Crippen molar-refractivity contribution in [1.29, 1.82) is 0 Å². The predicted molar refractivity (Wildman–Crippen MR) is 78.6 cm³/mol. The van der Waals surface area contributed by atoms with E-state index < -0.39 is 5.82 Å². The Morgan fingerprint density at radius 3 is 2.53 bits per heavy atom. The first-order chi connectivity index (χ1) is 8.99. The smallest absolute Gasteiger partial charge is 0.167 e. The number of rotatable bonds is 3. The van der Waals surface area contributed by atoms with E-state index in [1.165, 1.54) is 12.1 Å². The van der Waals surface area contributed by atoms with Crippen molar-refractivity contribution in [2.45, 2.75) is 6.42 Å². The Hall–Kier alpha value is -0.900. The molecule has 0 heterocycles. The standard InChI is InChI=1S/C14H8BrCl2FO/c15-10-6-8(4-5-12(10)17)14(19)7-9-11(16)2-1-3-13(9)18/h1-6H,7H2. The van der Waals surface area contributed by atoms with Crippen molar-refractivity contribution < 1.29 is 9.18 Å². The molecule has 5 heteroatoms. The van der Waals surface area contributed by atoms with Crippen LogP contribution in [-0.2, 0) is 6.42 Å². The monoisotopic (exact) mass is 360 g/mol. The lowest BCUT2D eigenvalue weighted by Crippen LogP contribution is -2.06.